The lowest BCUT2D eigenvalue weighted by atomic mass is 10.2. The van der Waals surface area contributed by atoms with Crippen molar-refractivity contribution in [1.29, 1.82) is 0 Å². The van der Waals surface area contributed by atoms with Crippen LogP contribution in [0.5, 0.6) is 0 Å². The second-order valence-corrected chi connectivity index (χ2v) is 7.31. The number of aromatic nitrogens is 2. The standard InChI is InChI=1S/C18H24N4O4S/c1-5-19-17(25)21-15(23)12(3)27-18-20-14-9-7-6-8-13(14)16(24)22(18)11(2)10-26-4/h6-9,11-12H,5,10H2,1-4H3,(H2,19,21,23,25). The first kappa shape index (κ1) is 20.9. The molecular formula is C18H24N4O4S. The second kappa shape index (κ2) is 9.52. The maximum Gasteiger partial charge on any atom is 0.321 e. The normalized spacial score (nSPS) is 13.2. The van der Waals surface area contributed by atoms with Crippen molar-refractivity contribution < 1.29 is 14.3 Å². The molecule has 0 saturated heterocycles. The van der Waals surface area contributed by atoms with E-state index in [1.54, 1.807) is 45.2 Å². The third kappa shape index (κ3) is 5.08. The molecule has 1 aromatic carbocycles. The molecule has 9 heteroatoms. The number of para-hydroxylation sites is 1. The Morgan fingerprint density at radius 3 is 2.67 bits per heavy atom. The molecular weight excluding hydrogens is 368 g/mol. The van der Waals surface area contributed by atoms with Gasteiger partial charge in [0.05, 0.1) is 28.8 Å². The number of hydrogen-bond acceptors (Lipinski definition) is 6. The number of amides is 3. The number of rotatable bonds is 7. The molecule has 2 N–H and O–H groups in total. The number of urea groups is 1. The summed E-state index contributed by atoms with van der Waals surface area (Å²) in [6, 6.07) is 6.25. The van der Waals surface area contributed by atoms with Gasteiger partial charge in [-0.2, -0.15) is 0 Å². The maximum atomic E-state index is 13.0. The predicted molar refractivity (Wildman–Crippen MR) is 105 cm³/mol. The summed E-state index contributed by atoms with van der Waals surface area (Å²) in [5.74, 6) is -0.459. The number of benzene rings is 1. The van der Waals surface area contributed by atoms with Crippen LogP contribution in [-0.2, 0) is 9.53 Å². The van der Waals surface area contributed by atoms with E-state index in [1.165, 1.54) is 4.57 Å². The highest BCUT2D eigenvalue weighted by atomic mass is 32.2. The molecule has 2 unspecified atom stereocenters. The number of carbonyl (C=O) groups excluding carboxylic acids is 2. The smallest absolute Gasteiger partial charge is 0.321 e. The van der Waals surface area contributed by atoms with Crippen LogP contribution >= 0.6 is 11.8 Å². The average Bonchev–Trinajstić information content (AvgIpc) is 2.62. The molecule has 1 aromatic heterocycles. The van der Waals surface area contributed by atoms with E-state index in [2.05, 4.69) is 15.6 Å². The van der Waals surface area contributed by atoms with Gasteiger partial charge in [0.2, 0.25) is 5.91 Å². The van der Waals surface area contributed by atoms with Gasteiger partial charge in [0.25, 0.3) is 5.56 Å². The number of imide groups is 1. The molecule has 0 spiro atoms. The fourth-order valence-electron chi connectivity index (χ4n) is 2.54. The fourth-order valence-corrected chi connectivity index (χ4v) is 3.55. The number of hydrogen-bond donors (Lipinski definition) is 2. The summed E-state index contributed by atoms with van der Waals surface area (Å²) in [5.41, 5.74) is 0.367. The fraction of sp³-hybridized carbons (Fsp3) is 0.444. The molecule has 2 atom stereocenters. The zero-order valence-corrected chi connectivity index (χ0v) is 16.6. The van der Waals surface area contributed by atoms with Crippen molar-refractivity contribution in [2.45, 2.75) is 37.2 Å². The summed E-state index contributed by atoms with van der Waals surface area (Å²) >= 11 is 1.13. The molecule has 0 saturated carbocycles. The van der Waals surface area contributed by atoms with Gasteiger partial charge in [-0.25, -0.2) is 9.78 Å². The van der Waals surface area contributed by atoms with Crippen molar-refractivity contribution in [2.24, 2.45) is 0 Å². The van der Waals surface area contributed by atoms with E-state index < -0.39 is 17.2 Å². The molecule has 27 heavy (non-hydrogen) atoms. The zero-order chi connectivity index (χ0) is 20.0. The zero-order valence-electron chi connectivity index (χ0n) is 15.8. The Morgan fingerprint density at radius 2 is 2.00 bits per heavy atom. The van der Waals surface area contributed by atoms with Crippen LogP contribution < -0.4 is 16.2 Å². The number of carbonyl (C=O) groups is 2. The number of nitrogens with zero attached hydrogens (tertiary/aromatic N) is 2. The molecule has 0 radical (unpaired) electrons. The monoisotopic (exact) mass is 392 g/mol. The van der Waals surface area contributed by atoms with Crippen LogP contribution in [0.2, 0.25) is 0 Å². The van der Waals surface area contributed by atoms with E-state index in [4.69, 9.17) is 4.74 Å². The Kier molecular flexibility index (Phi) is 7.37. The molecule has 0 aliphatic rings. The van der Waals surface area contributed by atoms with E-state index in [0.29, 0.717) is 29.2 Å². The van der Waals surface area contributed by atoms with E-state index in [-0.39, 0.29) is 11.6 Å². The molecule has 0 bridgehead atoms. The summed E-state index contributed by atoms with van der Waals surface area (Å²) in [5, 5.41) is 5.07. The van der Waals surface area contributed by atoms with Crippen molar-refractivity contribution in [1.82, 2.24) is 20.2 Å². The Morgan fingerprint density at radius 1 is 1.30 bits per heavy atom. The first-order valence-corrected chi connectivity index (χ1v) is 9.52. The van der Waals surface area contributed by atoms with E-state index in [0.717, 1.165) is 11.8 Å². The lowest BCUT2D eigenvalue weighted by molar-refractivity contribution is -0.119. The minimum Gasteiger partial charge on any atom is -0.383 e. The van der Waals surface area contributed by atoms with Crippen molar-refractivity contribution in [3.8, 4) is 0 Å². The topological polar surface area (TPSA) is 102 Å². The summed E-state index contributed by atoms with van der Waals surface area (Å²) in [4.78, 5) is 41.4. The van der Waals surface area contributed by atoms with E-state index >= 15 is 0 Å². The van der Waals surface area contributed by atoms with Gasteiger partial charge in [0.15, 0.2) is 5.16 Å². The molecule has 2 rings (SSSR count). The highest BCUT2D eigenvalue weighted by molar-refractivity contribution is 8.00. The van der Waals surface area contributed by atoms with Gasteiger partial charge in [-0.05, 0) is 32.9 Å². The van der Waals surface area contributed by atoms with E-state index in [9.17, 15) is 14.4 Å². The number of methoxy groups -OCH3 is 1. The molecule has 0 fully saturated rings. The van der Waals surface area contributed by atoms with Gasteiger partial charge in [0.1, 0.15) is 0 Å². The summed E-state index contributed by atoms with van der Waals surface area (Å²) < 4.78 is 6.72. The second-order valence-electron chi connectivity index (χ2n) is 6.00. The Hall–Kier alpha value is -2.39. The third-order valence-electron chi connectivity index (χ3n) is 3.85. The van der Waals surface area contributed by atoms with Crippen LogP contribution in [-0.4, -0.2) is 47.0 Å². The molecule has 0 aliphatic carbocycles. The Labute approximate surface area is 161 Å². The van der Waals surface area contributed by atoms with Gasteiger partial charge in [-0.15, -0.1) is 0 Å². The highest BCUT2D eigenvalue weighted by Gasteiger charge is 2.22. The Bertz CT molecular complexity index is 883. The molecule has 0 aliphatic heterocycles. The van der Waals surface area contributed by atoms with Gasteiger partial charge in [0, 0.05) is 13.7 Å². The van der Waals surface area contributed by atoms with Crippen LogP contribution in [0.25, 0.3) is 10.9 Å². The van der Waals surface area contributed by atoms with Crippen molar-refractivity contribution >= 4 is 34.6 Å². The summed E-state index contributed by atoms with van der Waals surface area (Å²) in [7, 11) is 1.56. The molecule has 146 valence electrons. The molecule has 3 amide bonds. The van der Waals surface area contributed by atoms with Crippen molar-refractivity contribution in [3.05, 3.63) is 34.6 Å². The molecule has 2 aromatic rings. The third-order valence-corrected chi connectivity index (χ3v) is 4.92. The first-order valence-electron chi connectivity index (χ1n) is 8.64. The van der Waals surface area contributed by atoms with Crippen LogP contribution in [0, 0.1) is 0 Å². The van der Waals surface area contributed by atoms with E-state index in [1.807, 2.05) is 6.92 Å². The van der Waals surface area contributed by atoms with Gasteiger partial charge < -0.3 is 10.1 Å². The van der Waals surface area contributed by atoms with Gasteiger partial charge >= 0.3 is 6.03 Å². The van der Waals surface area contributed by atoms with Crippen LogP contribution in [0.1, 0.15) is 26.8 Å². The van der Waals surface area contributed by atoms with Crippen LogP contribution in [0.4, 0.5) is 4.79 Å². The highest BCUT2D eigenvalue weighted by Crippen LogP contribution is 2.25. The quantitative estimate of drug-likeness (QED) is 0.551. The minimum atomic E-state index is -0.623. The van der Waals surface area contributed by atoms with Crippen molar-refractivity contribution in [3.63, 3.8) is 0 Å². The van der Waals surface area contributed by atoms with Crippen LogP contribution in [0.3, 0.4) is 0 Å². The lowest BCUT2D eigenvalue weighted by Gasteiger charge is -2.20. The SMILES string of the molecule is CCNC(=O)NC(=O)C(C)Sc1nc2ccccc2c(=O)n1C(C)COC. The van der Waals surface area contributed by atoms with Crippen molar-refractivity contribution in [2.75, 3.05) is 20.3 Å². The van der Waals surface area contributed by atoms with Crippen LogP contribution in [0.15, 0.2) is 34.2 Å². The summed E-state index contributed by atoms with van der Waals surface area (Å²) in [6.07, 6.45) is 0. The molecule has 8 nitrogen and oxygen atoms in total. The maximum absolute atomic E-state index is 13.0. The van der Waals surface area contributed by atoms with Gasteiger partial charge in [-0.3, -0.25) is 19.5 Å². The number of ether oxygens (including phenoxy) is 1. The Balaban J connectivity index is 2.38. The van der Waals surface area contributed by atoms with Gasteiger partial charge in [-0.1, -0.05) is 23.9 Å². The lowest BCUT2D eigenvalue weighted by Crippen LogP contribution is -2.42. The average molecular weight is 392 g/mol. The number of nitrogens with one attached hydrogen (secondary N) is 2. The molecule has 1 heterocycles. The summed E-state index contributed by atoms with van der Waals surface area (Å²) in [6.45, 7) is 6.02. The predicted octanol–water partition coefficient (Wildman–Crippen LogP) is 1.93. The first-order chi connectivity index (χ1) is 12.9. The minimum absolute atomic E-state index is 0.191. The largest absolute Gasteiger partial charge is 0.383 e. The number of fused-ring (bicyclic) bond motifs is 1. The number of thioether (sulfide) groups is 1.